The summed E-state index contributed by atoms with van der Waals surface area (Å²) in [5, 5.41) is 1.90. The highest BCUT2D eigenvalue weighted by molar-refractivity contribution is 6.07. The molecule has 9 heteroatoms. The third kappa shape index (κ3) is 5.18. The zero-order chi connectivity index (χ0) is 23.6. The van der Waals surface area contributed by atoms with Crippen LogP contribution in [0.5, 0.6) is 0 Å². The van der Waals surface area contributed by atoms with Gasteiger partial charge in [0.25, 0.3) is 5.91 Å². The average molecular weight is 458 g/mol. The monoisotopic (exact) mass is 458 g/mol. The minimum Gasteiger partial charge on any atom is -0.339 e. The number of nitrogens with zero attached hydrogens (tertiary/aromatic N) is 4. The Kier molecular flexibility index (Phi) is 6.40. The van der Waals surface area contributed by atoms with Gasteiger partial charge in [0.2, 0.25) is 5.91 Å². The number of benzene rings is 2. The van der Waals surface area contributed by atoms with Crippen LogP contribution in [0.3, 0.4) is 0 Å². The van der Waals surface area contributed by atoms with Crippen molar-refractivity contribution in [3.05, 3.63) is 66.2 Å². The summed E-state index contributed by atoms with van der Waals surface area (Å²) in [4.78, 5) is 33.2. The minimum atomic E-state index is -4.36. The Labute approximate surface area is 189 Å². The fourth-order valence-electron chi connectivity index (χ4n) is 4.34. The van der Waals surface area contributed by atoms with Gasteiger partial charge in [0.15, 0.2) is 0 Å². The van der Waals surface area contributed by atoms with Crippen molar-refractivity contribution >= 4 is 22.6 Å². The second kappa shape index (κ2) is 9.25. The summed E-state index contributed by atoms with van der Waals surface area (Å²) in [6.07, 6.45) is -0.774. The molecule has 1 aliphatic heterocycles. The third-order valence-electron chi connectivity index (χ3n) is 6.06. The van der Waals surface area contributed by atoms with Gasteiger partial charge in [-0.15, -0.1) is 0 Å². The van der Waals surface area contributed by atoms with Gasteiger partial charge in [0, 0.05) is 44.0 Å². The normalized spacial score (nSPS) is 15.1. The molecule has 3 aromatic rings. The number of rotatable bonds is 5. The van der Waals surface area contributed by atoms with Crippen molar-refractivity contribution in [2.75, 3.05) is 20.1 Å². The van der Waals surface area contributed by atoms with Gasteiger partial charge in [0.05, 0.1) is 6.54 Å². The van der Waals surface area contributed by atoms with E-state index in [9.17, 15) is 22.8 Å². The van der Waals surface area contributed by atoms with Crippen LogP contribution in [0.15, 0.2) is 54.9 Å². The maximum absolute atomic E-state index is 13.1. The van der Waals surface area contributed by atoms with E-state index in [0.29, 0.717) is 31.5 Å². The Morgan fingerprint density at radius 1 is 1.09 bits per heavy atom. The van der Waals surface area contributed by atoms with Crippen LogP contribution in [-0.4, -0.2) is 57.5 Å². The molecule has 2 aromatic carbocycles. The quantitative estimate of drug-likeness (QED) is 0.578. The number of carbonyl (C=O) groups is 2. The van der Waals surface area contributed by atoms with Crippen LogP contribution in [0.25, 0.3) is 10.8 Å². The Morgan fingerprint density at radius 2 is 1.79 bits per heavy atom. The molecule has 4 rings (SSSR count). The fraction of sp³-hybridized carbons (Fsp3) is 0.375. The lowest BCUT2D eigenvalue weighted by Crippen LogP contribution is -2.43. The van der Waals surface area contributed by atoms with Gasteiger partial charge < -0.3 is 14.4 Å². The van der Waals surface area contributed by atoms with Gasteiger partial charge in [-0.25, -0.2) is 4.98 Å². The fourth-order valence-corrected chi connectivity index (χ4v) is 4.34. The summed E-state index contributed by atoms with van der Waals surface area (Å²) in [7, 11) is 1.57. The third-order valence-corrected chi connectivity index (χ3v) is 6.06. The summed E-state index contributed by atoms with van der Waals surface area (Å²) in [5.74, 6) is -0.293. The Morgan fingerprint density at radius 3 is 2.52 bits per heavy atom. The maximum Gasteiger partial charge on any atom is 0.406 e. The number of halogens is 3. The molecule has 6 nitrogen and oxygen atoms in total. The Balaban J connectivity index is 1.36. The summed E-state index contributed by atoms with van der Waals surface area (Å²) in [5.41, 5.74) is 0.645. The smallest absolute Gasteiger partial charge is 0.339 e. The number of piperidine rings is 1. The van der Waals surface area contributed by atoms with Crippen LogP contribution < -0.4 is 0 Å². The zero-order valence-corrected chi connectivity index (χ0v) is 18.3. The van der Waals surface area contributed by atoms with Crippen LogP contribution in [-0.2, 0) is 17.9 Å². The van der Waals surface area contributed by atoms with Crippen molar-refractivity contribution in [1.29, 1.82) is 0 Å². The highest BCUT2D eigenvalue weighted by atomic mass is 19.4. The SMILES string of the molecule is CN(Cc1nccn1CC(F)(F)F)C(=O)C1CCN(C(=O)c2cccc3ccccc23)CC1. The second-order valence-corrected chi connectivity index (χ2v) is 8.37. The van der Waals surface area contributed by atoms with Crippen LogP contribution >= 0.6 is 0 Å². The van der Waals surface area contributed by atoms with E-state index in [2.05, 4.69) is 4.98 Å². The van der Waals surface area contributed by atoms with E-state index in [0.717, 1.165) is 15.3 Å². The number of hydrogen-bond donors (Lipinski definition) is 0. The molecule has 0 saturated carbocycles. The predicted octanol–water partition coefficient (Wildman–Crippen LogP) is 4.11. The van der Waals surface area contributed by atoms with E-state index in [4.69, 9.17) is 0 Å². The topological polar surface area (TPSA) is 58.4 Å². The molecule has 0 radical (unpaired) electrons. The number of carbonyl (C=O) groups excluding carboxylic acids is 2. The molecule has 0 aliphatic carbocycles. The molecule has 33 heavy (non-hydrogen) atoms. The van der Waals surface area contributed by atoms with Crippen LogP contribution in [0.4, 0.5) is 13.2 Å². The van der Waals surface area contributed by atoms with Crippen molar-refractivity contribution < 1.29 is 22.8 Å². The number of imidazole rings is 1. The molecular weight excluding hydrogens is 433 g/mol. The molecule has 1 saturated heterocycles. The lowest BCUT2D eigenvalue weighted by molar-refractivity contribution is -0.141. The van der Waals surface area contributed by atoms with E-state index in [-0.39, 0.29) is 30.1 Å². The number of aromatic nitrogens is 2. The minimum absolute atomic E-state index is 0.00291. The highest BCUT2D eigenvalue weighted by Gasteiger charge is 2.32. The largest absolute Gasteiger partial charge is 0.406 e. The van der Waals surface area contributed by atoms with E-state index < -0.39 is 12.7 Å². The van der Waals surface area contributed by atoms with Crippen molar-refractivity contribution in [3.63, 3.8) is 0 Å². The molecular formula is C24H25F3N4O2. The average Bonchev–Trinajstić information content (AvgIpc) is 3.22. The summed E-state index contributed by atoms with van der Waals surface area (Å²) < 4.78 is 39.2. The molecule has 0 atom stereocenters. The maximum atomic E-state index is 13.1. The van der Waals surface area contributed by atoms with Gasteiger partial charge >= 0.3 is 6.18 Å². The first-order chi connectivity index (χ1) is 15.7. The Hall–Kier alpha value is -3.36. The zero-order valence-electron chi connectivity index (χ0n) is 18.3. The first-order valence-corrected chi connectivity index (χ1v) is 10.8. The number of fused-ring (bicyclic) bond motifs is 1. The molecule has 0 unspecified atom stereocenters. The Bertz CT molecular complexity index is 1140. The number of likely N-dealkylation sites (tertiary alicyclic amines) is 1. The first-order valence-electron chi connectivity index (χ1n) is 10.8. The first kappa shape index (κ1) is 22.8. The van der Waals surface area contributed by atoms with Crippen LogP contribution in [0.1, 0.15) is 29.0 Å². The molecule has 1 aromatic heterocycles. The van der Waals surface area contributed by atoms with E-state index in [1.807, 2.05) is 42.5 Å². The second-order valence-electron chi connectivity index (χ2n) is 8.37. The van der Waals surface area contributed by atoms with Gasteiger partial charge in [0.1, 0.15) is 12.4 Å². The summed E-state index contributed by atoms with van der Waals surface area (Å²) in [6.45, 7) is -0.236. The molecule has 2 heterocycles. The van der Waals surface area contributed by atoms with Gasteiger partial charge in [-0.3, -0.25) is 9.59 Å². The molecule has 0 N–H and O–H groups in total. The standard InChI is InChI=1S/C24H25F3N4O2/c1-29(15-21-28-11-14-31(21)16-24(25,26)27)22(32)18-9-12-30(13-10-18)23(33)20-8-4-6-17-5-2-3-7-19(17)20/h2-8,11,14,18H,9-10,12-13,15-16H2,1H3. The van der Waals surface area contributed by atoms with Crippen LogP contribution in [0.2, 0.25) is 0 Å². The number of hydrogen-bond acceptors (Lipinski definition) is 3. The van der Waals surface area contributed by atoms with Crippen molar-refractivity contribution in [3.8, 4) is 0 Å². The van der Waals surface area contributed by atoms with E-state index >= 15 is 0 Å². The lowest BCUT2D eigenvalue weighted by atomic mass is 9.94. The van der Waals surface area contributed by atoms with Crippen molar-refractivity contribution in [1.82, 2.24) is 19.4 Å². The molecule has 0 spiro atoms. The van der Waals surface area contributed by atoms with Gasteiger partial charge in [-0.1, -0.05) is 36.4 Å². The molecule has 2 amide bonds. The summed E-state index contributed by atoms with van der Waals surface area (Å²) >= 11 is 0. The van der Waals surface area contributed by atoms with E-state index in [1.165, 1.54) is 17.3 Å². The van der Waals surface area contributed by atoms with Crippen LogP contribution in [0, 0.1) is 5.92 Å². The lowest BCUT2D eigenvalue weighted by Gasteiger charge is -2.33. The van der Waals surface area contributed by atoms with Gasteiger partial charge in [-0.05, 0) is 29.7 Å². The molecule has 1 aliphatic rings. The predicted molar refractivity (Wildman–Crippen MR) is 117 cm³/mol. The van der Waals surface area contributed by atoms with Crippen molar-refractivity contribution in [2.45, 2.75) is 32.1 Å². The molecule has 0 bridgehead atoms. The number of amides is 2. The van der Waals surface area contributed by atoms with Gasteiger partial charge in [-0.2, -0.15) is 13.2 Å². The molecule has 1 fully saturated rings. The van der Waals surface area contributed by atoms with Crippen molar-refractivity contribution in [2.24, 2.45) is 5.92 Å². The highest BCUT2D eigenvalue weighted by Crippen LogP contribution is 2.25. The molecule has 174 valence electrons. The number of alkyl halides is 3. The summed E-state index contributed by atoms with van der Waals surface area (Å²) in [6, 6.07) is 13.4. The van der Waals surface area contributed by atoms with E-state index in [1.54, 1.807) is 11.9 Å².